The largest absolute Gasteiger partial charge is 0.506 e. The maximum atomic E-state index is 9.72. The van der Waals surface area contributed by atoms with Gasteiger partial charge < -0.3 is 19.7 Å². The number of hydrogen-bond donors (Lipinski definition) is 2. The van der Waals surface area contributed by atoms with Gasteiger partial charge in [-0.3, -0.25) is 4.98 Å². The van der Waals surface area contributed by atoms with Gasteiger partial charge >= 0.3 is 0 Å². The fourth-order valence-electron chi connectivity index (χ4n) is 6.57. The third kappa shape index (κ3) is 11.0. The number of nitrogens with zero attached hydrogens (tertiary/aromatic N) is 3. The van der Waals surface area contributed by atoms with Crippen molar-refractivity contribution in [2.24, 2.45) is 0 Å². The van der Waals surface area contributed by atoms with Gasteiger partial charge in [0.2, 0.25) is 0 Å². The van der Waals surface area contributed by atoms with E-state index in [2.05, 4.69) is 60.1 Å². The van der Waals surface area contributed by atoms with Gasteiger partial charge in [0.1, 0.15) is 24.6 Å². The van der Waals surface area contributed by atoms with Crippen LogP contribution in [0.1, 0.15) is 131 Å². The van der Waals surface area contributed by atoms with Gasteiger partial charge in [0.05, 0.1) is 17.1 Å². The summed E-state index contributed by atoms with van der Waals surface area (Å²) in [6.07, 6.45) is 20.7. The molecule has 3 aliphatic carbocycles. The molecule has 0 aliphatic heterocycles. The minimum absolute atomic E-state index is 0.294. The van der Waals surface area contributed by atoms with E-state index in [0.29, 0.717) is 36.0 Å². The highest BCUT2D eigenvalue weighted by molar-refractivity contribution is 14.1. The van der Waals surface area contributed by atoms with Crippen LogP contribution in [0.2, 0.25) is 0 Å². The lowest BCUT2D eigenvalue weighted by molar-refractivity contribution is 0.0496. The summed E-state index contributed by atoms with van der Waals surface area (Å²) in [6.45, 7) is 0.294. The van der Waals surface area contributed by atoms with Gasteiger partial charge in [-0.25, -0.2) is 9.97 Å². The number of aromatic nitrogens is 3. The zero-order chi connectivity index (χ0) is 31.1. The Hall–Kier alpha value is -1.73. The molecule has 3 heterocycles. The molecule has 44 heavy (non-hydrogen) atoms. The van der Waals surface area contributed by atoms with Gasteiger partial charge in [-0.05, 0) is 120 Å². The molecule has 0 unspecified atom stereocenters. The molecule has 0 aromatic carbocycles. The third-order valence-corrected chi connectivity index (χ3v) is 10.0. The molecular formula is C35H47I2N3O4. The first-order valence-electron chi connectivity index (χ1n) is 16.2. The number of rotatable bonds is 6. The predicted octanol–water partition coefficient (Wildman–Crippen LogP) is 9.99. The van der Waals surface area contributed by atoms with Crippen LogP contribution < -0.4 is 4.74 Å². The van der Waals surface area contributed by atoms with Gasteiger partial charge in [0.15, 0.2) is 6.79 Å². The fourth-order valence-corrected chi connectivity index (χ4v) is 7.45. The molecule has 0 saturated heterocycles. The topological polar surface area (TPSA) is 97.6 Å². The second-order valence-electron chi connectivity index (χ2n) is 12.0. The maximum Gasteiger partial charge on any atom is 0.188 e. The lowest BCUT2D eigenvalue weighted by Gasteiger charge is -2.23. The Morgan fingerprint density at radius 3 is 1.66 bits per heavy atom. The number of pyridine rings is 3. The molecule has 3 aromatic heterocycles. The summed E-state index contributed by atoms with van der Waals surface area (Å²) in [4.78, 5) is 13.3. The van der Waals surface area contributed by atoms with E-state index in [-0.39, 0.29) is 0 Å². The maximum absolute atomic E-state index is 9.72. The fraction of sp³-hybridized carbons (Fsp3) is 0.571. The van der Waals surface area contributed by atoms with Crippen molar-refractivity contribution in [1.82, 2.24) is 15.0 Å². The van der Waals surface area contributed by atoms with E-state index in [1.165, 1.54) is 96.3 Å². The van der Waals surface area contributed by atoms with E-state index in [4.69, 9.17) is 9.47 Å². The van der Waals surface area contributed by atoms with Crippen LogP contribution in [-0.2, 0) is 4.74 Å². The summed E-state index contributed by atoms with van der Waals surface area (Å²) in [5.74, 6) is 3.17. The van der Waals surface area contributed by atoms with Crippen LogP contribution in [-0.4, -0.2) is 39.1 Å². The molecule has 0 atom stereocenters. The van der Waals surface area contributed by atoms with E-state index >= 15 is 0 Å². The van der Waals surface area contributed by atoms with Crippen molar-refractivity contribution in [3.8, 4) is 17.2 Å². The van der Waals surface area contributed by atoms with Crippen LogP contribution in [0.3, 0.4) is 0 Å². The minimum atomic E-state index is 0.294. The Morgan fingerprint density at radius 1 is 0.636 bits per heavy atom. The smallest absolute Gasteiger partial charge is 0.188 e. The summed E-state index contributed by atoms with van der Waals surface area (Å²) >= 11 is 4.45. The number of halogens is 2. The van der Waals surface area contributed by atoms with E-state index < -0.39 is 0 Å². The van der Waals surface area contributed by atoms with Crippen LogP contribution in [0, 0.1) is 7.40 Å². The average molecular weight is 828 g/mol. The molecule has 3 fully saturated rings. The van der Waals surface area contributed by atoms with Crippen molar-refractivity contribution in [2.75, 3.05) is 13.9 Å². The highest BCUT2D eigenvalue weighted by Crippen LogP contribution is 2.38. The minimum Gasteiger partial charge on any atom is -0.506 e. The quantitative estimate of drug-likeness (QED) is 0.145. The van der Waals surface area contributed by atoms with Gasteiger partial charge in [0, 0.05) is 31.1 Å². The Bertz CT molecular complexity index is 1280. The molecule has 3 aromatic rings. The first kappa shape index (κ1) is 35.1. The number of methoxy groups -OCH3 is 1. The Kier molecular flexibility index (Phi) is 15.2. The second kappa shape index (κ2) is 19.1. The van der Waals surface area contributed by atoms with Gasteiger partial charge in [-0.15, -0.1) is 0 Å². The van der Waals surface area contributed by atoms with E-state index in [9.17, 15) is 10.2 Å². The standard InChI is InChI=1S/C13H18INO2.C11H14INO.C11H15NO/c1-16-9-17-11-7-8-12(14)15-13(11)10-5-3-2-4-6-10;12-10-7-6-9(14)11(13-10)8-4-2-1-3-5-8;13-10-7-4-8-12-11(10)9-5-2-1-3-6-9/h7-8,10H,2-6,9H2,1H3;6-8,14H,1-5H2;4,7-9,13H,1-3,5-6H2. The van der Waals surface area contributed by atoms with Crippen molar-refractivity contribution in [3.05, 3.63) is 67.1 Å². The average Bonchev–Trinajstić information content (AvgIpc) is 3.07. The van der Waals surface area contributed by atoms with Crippen LogP contribution >= 0.6 is 45.2 Å². The monoisotopic (exact) mass is 827 g/mol. The summed E-state index contributed by atoms with van der Waals surface area (Å²) in [6, 6.07) is 11.1. The van der Waals surface area contributed by atoms with E-state index in [0.717, 1.165) is 30.2 Å². The summed E-state index contributed by atoms with van der Waals surface area (Å²) < 4.78 is 12.6. The van der Waals surface area contributed by atoms with Crippen LogP contribution in [0.5, 0.6) is 17.2 Å². The van der Waals surface area contributed by atoms with Crippen molar-refractivity contribution >= 4 is 45.2 Å². The van der Waals surface area contributed by atoms with Crippen molar-refractivity contribution in [2.45, 2.75) is 114 Å². The molecule has 0 amide bonds. The summed E-state index contributed by atoms with van der Waals surface area (Å²) in [5.41, 5.74) is 2.94. The van der Waals surface area contributed by atoms with Crippen molar-refractivity contribution in [1.29, 1.82) is 0 Å². The Balaban J connectivity index is 0.000000152. The van der Waals surface area contributed by atoms with E-state index in [1.807, 2.05) is 18.2 Å². The van der Waals surface area contributed by atoms with Gasteiger partial charge in [-0.1, -0.05) is 57.8 Å². The molecular weight excluding hydrogens is 780 g/mol. The zero-order valence-electron chi connectivity index (χ0n) is 25.9. The van der Waals surface area contributed by atoms with Crippen LogP contribution in [0.15, 0.2) is 42.6 Å². The predicted molar refractivity (Wildman–Crippen MR) is 191 cm³/mol. The number of ether oxygens (including phenoxy) is 2. The SMILES string of the molecule is COCOc1ccc(I)nc1C1CCCCC1.Oc1ccc(I)nc1C1CCCCC1.Oc1cccnc1C1CCCCC1. The molecule has 7 nitrogen and oxygen atoms in total. The highest BCUT2D eigenvalue weighted by atomic mass is 127. The molecule has 0 spiro atoms. The molecule has 9 heteroatoms. The second-order valence-corrected chi connectivity index (χ2v) is 14.2. The van der Waals surface area contributed by atoms with Crippen molar-refractivity contribution in [3.63, 3.8) is 0 Å². The lowest BCUT2D eigenvalue weighted by Crippen LogP contribution is -2.11. The Morgan fingerprint density at radius 2 is 1.11 bits per heavy atom. The van der Waals surface area contributed by atoms with Crippen LogP contribution in [0.4, 0.5) is 0 Å². The van der Waals surface area contributed by atoms with Crippen LogP contribution in [0.25, 0.3) is 0 Å². The number of aromatic hydroxyl groups is 2. The normalized spacial score (nSPS) is 18.0. The molecule has 240 valence electrons. The number of hydrogen-bond acceptors (Lipinski definition) is 7. The summed E-state index contributed by atoms with van der Waals surface area (Å²) in [7, 11) is 1.64. The first-order chi connectivity index (χ1) is 21.5. The molecule has 6 rings (SSSR count). The third-order valence-electron chi connectivity index (χ3n) is 8.84. The van der Waals surface area contributed by atoms with Crippen molar-refractivity contribution < 1.29 is 19.7 Å². The molecule has 0 radical (unpaired) electrons. The Labute approximate surface area is 290 Å². The highest BCUT2D eigenvalue weighted by Gasteiger charge is 2.22. The molecule has 0 bridgehead atoms. The molecule has 3 aliphatic rings. The molecule has 3 saturated carbocycles. The van der Waals surface area contributed by atoms with E-state index in [1.54, 1.807) is 31.5 Å². The van der Waals surface area contributed by atoms with Gasteiger partial charge in [-0.2, -0.15) is 0 Å². The zero-order valence-corrected chi connectivity index (χ0v) is 30.2. The summed E-state index contributed by atoms with van der Waals surface area (Å²) in [5, 5.41) is 19.3. The van der Waals surface area contributed by atoms with Gasteiger partial charge in [0.25, 0.3) is 0 Å². The lowest BCUT2D eigenvalue weighted by atomic mass is 9.86. The molecule has 2 N–H and O–H groups in total. The first-order valence-corrected chi connectivity index (χ1v) is 18.4.